The molecule has 26 heavy (non-hydrogen) atoms. The van der Waals surface area contributed by atoms with Crippen molar-refractivity contribution in [3.05, 3.63) is 12.2 Å². The van der Waals surface area contributed by atoms with E-state index in [0.717, 1.165) is 19.3 Å². The van der Waals surface area contributed by atoms with Crippen LogP contribution in [0.25, 0.3) is 0 Å². The Bertz CT molecular complexity index is 238. The molecular weight excluding hydrogens is 320 g/mol. The molecule has 3 heteroatoms. The van der Waals surface area contributed by atoms with Crippen molar-refractivity contribution in [1.82, 2.24) is 0 Å². The third-order valence-corrected chi connectivity index (χ3v) is 3.24. The third kappa shape index (κ3) is 56.7. The summed E-state index contributed by atoms with van der Waals surface area (Å²) in [6.45, 7) is 23.0. The van der Waals surface area contributed by atoms with Gasteiger partial charge in [0.25, 0.3) is 0 Å². The van der Waals surface area contributed by atoms with Crippen molar-refractivity contribution in [1.29, 1.82) is 0 Å². The zero-order valence-electron chi connectivity index (χ0n) is 19.9. The van der Waals surface area contributed by atoms with Gasteiger partial charge in [0.1, 0.15) is 0 Å². The molecule has 1 amide bonds. The molecule has 0 rings (SSSR count). The van der Waals surface area contributed by atoms with E-state index in [1.54, 1.807) is 0 Å². The first-order chi connectivity index (χ1) is 12.4. The Labute approximate surface area is 167 Å². The molecule has 0 radical (unpaired) electrons. The summed E-state index contributed by atoms with van der Waals surface area (Å²) in [6, 6.07) is 0. The highest BCUT2D eigenvalue weighted by Crippen LogP contribution is 2.05. The number of carbonyl (C=O) groups is 1. The van der Waals surface area contributed by atoms with E-state index in [9.17, 15) is 4.79 Å². The summed E-state index contributed by atoms with van der Waals surface area (Å²) >= 11 is 0. The quantitative estimate of drug-likeness (QED) is 0.312. The molecule has 1 atom stereocenters. The van der Waals surface area contributed by atoms with Crippen molar-refractivity contribution in [2.24, 2.45) is 17.4 Å². The lowest BCUT2D eigenvalue weighted by Gasteiger charge is -2.04. The summed E-state index contributed by atoms with van der Waals surface area (Å²) in [7, 11) is 0. The SMILES string of the molecule is C=C(C)CCCC.CC.CC.CC(CCCCN)C(N)=O.CCCCC. The molecule has 0 fully saturated rings. The van der Waals surface area contributed by atoms with Crippen LogP contribution in [0.4, 0.5) is 0 Å². The first-order valence-electron chi connectivity index (χ1n) is 11.0. The largest absolute Gasteiger partial charge is 0.369 e. The number of carbonyl (C=O) groups excluding carboxylic acids is 1. The monoisotopic (exact) mass is 374 g/mol. The Balaban J connectivity index is -0.0000000806. The summed E-state index contributed by atoms with van der Waals surface area (Å²) in [4.78, 5) is 10.5. The van der Waals surface area contributed by atoms with Crippen LogP contribution in [0, 0.1) is 5.92 Å². The maximum Gasteiger partial charge on any atom is 0.220 e. The van der Waals surface area contributed by atoms with Crippen LogP contribution in [0.2, 0.25) is 0 Å². The number of amides is 1. The summed E-state index contributed by atoms with van der Waals surface area (Å²) in [5, 5.41) is 0. The molecule has 0 aromatic rings. The van der Waals surface area contributed by atoms with E-state index in [-0.39, 0.29) is 11.8 Å². The van der Waals surface area contributed by atoms with Crippen molar-refractivity contribution >= 4 is 5.91 Å². The van der Waals surface area contributed by atoms with Crippen LogP contribution >= 0.6 is 0 Å². The fraction of sp³-hybridized carbons (Fsp3) is 0.870. The maximum absolute atomic E-state index is 10.5. The first-order valence-corrected chi connectivity index (χ1v) is 11.0. The minimum absolute atomic E-state index is 0.00606. The molecule has 1 unspecified atom stereocenters. The van der Waals surface area contributed by atoms with Crippen LogP contribution < -0.4 is 11.5 Å². The van der Waals surface area contributed by atoms with Crippen molar-refractivity contribution in [2.75, 3.05) is 6.54 Å². The Morgan fingerprint density at radius 2 is 1.31 bits per heavy atom. The van der Waals surface area contributed by atoms with Gasteiger partial charge in [-0.3, -0.25) is 4.79 Å². The van der Waals surface area contributed by atoms with Crippen LogP contribution in [-0.2, 0) is 4.79 Å². The molecule has 0 aliphatic heterocycles. The molecule has 0 aromatic heterocycles. The highest BCUT2D eigenvalue weighted by atomic mass is 16.1. The van der Waals surface area contributed by atoms with Crippen molar-refractivity contribution in [3.8, 4) is 0 Å². The average molecular weight is 375 g/mol. The van der Waals surface area contributed by atoms with Gasteiger partial charge in [-0.05, 0) is 39.2 Å². The van der Waals surface area contributed by atoms with Gasteiger partial charge in [0.2, 0.25) is 5.91 Å². The van der Waals surface area contributed by atoms with Crippen LogP contribution in [0.15, 0.2) is 12.2 Å². The Morgan fingerprint density at radius 3 is 1.50 bits per heavy atom. The number of unbranched alkanes of at least 4 members (excludes halogenated alkanes) is 4. The lowest BCUT2D eigenvalue weighted by Crippen LogP contribution is -2.20. The van der Waals surface area contributed by atoms with E-state index < -0.39 is 0 Å². The molecule has 0 aromatic carbocycles. The molecule has 162 valence electrons. The fourth-order valence-electron chi connectivity index (χ4n) is 1.57. The van der Waals surface area contributed by atoms with Crippen molar-refractivity contribution in [3.63, 3.8) is 0 Å². The predicted octanol–water partition coefficient (Wildman–Crippen LogP) is 7.24. The second-order valence-electron chi connectivity index (χ2n) is 6.00. The van der Waals surface area contributed by atoms with Crippen LogP contribution in [0.3, 0.4) is 0 Å². The molecule has 0 aliphatic carbocycles. The number of hydrogen-bond acceptors (Lipinski definition) is 2. The van der Waals surface area contributed by atoms with Gasteiger partial charge in [-0.1, -0.05) is 93.1 Å². The molecule has 0 spiro atoms. The molecule has 0 saturated carbocycles. The van der Waals surface area contributed by atoms with Gasteiger partial charge in [0.05, 0.1) is 0 Å². The highest BCUT2D eigenvalue weighted by molar-refractivity contribution is 5.76. The van der Waals surface area contributed by atoms with E-state index in [1.807, 2.05) is 34.6 Å². The van der Waals surface area contributed by atoms with E-state index in [2.05, 4.69) is 34.3 Å². The number of nitrogens with two attached hydrogens (primary N) is 2. The summed E-state index contributed by atoms with van der Waals surface area (Å²) in [5.41, 5.74) is 11.6. The fourth-order valence-corrected chi connectivity index (χ4v) is 1.57. The van der Waals surface area contributed by atoms with Crippen molar-refractivity contribution in [2.45, 2.75) is 120 Å². The van der Waals surface area contributed by atoms with Gasteiger partial charge in [0, 0.05) is 5.92 Å². The summed E-state index contributed by atoms with van der Waals surface area (Å²) < 4.78 is 0. The molecular formula is C23H54N2O. The molecule has 0 saturated heterocycles. The lowest BCUT2D eigenvalue weighted by molar-refractivity contribution is -0.121. The molecule has 4 N–H and O–H groups in total. The van der Waals surface area contributed by atoms with Gasteiger partial charge in [-0.25, -0.2) is 0 Å². The van der Waals surface area contributed by atoms with E-state index in [0.29, 0.717) is 6.54 Å². The molecule has 3 nitrogen and oxygen atoms in total. The van der Waals surface area contributed by atoms with Gasteiger partial charge >= 0.3 is 0 Å². The Hall–Kier alpha value is -0.830. The topological polar surface area (TPSA) is 69.1 Å². The number of allylic oxidation sites excluding steroid dienone is 1. The predicted molar refractivity (Wildman–Crippen MR) is 123 cm³/mol. The normalized spacial score (nSPS) is 9.46. The zero-order valence-corrected chi connectivity index (χ0v) is 19.9. The third-order valence-electron chi connectivity index (χ3n) is 3.24. The summed E-state index contributed by atoms with van der Waals surface area (Å²) in [6.07, 6.45) is 10.7. The zero-order chi connectivity index (χ0) is 21.8. The highest BCUT2D eigenvalue weighted by Gasteiger charge is 2.06. The molecule has 0 bridgehead atoms. The standard InChI is InChI=1S/C7H16N2O.C7H14.C5H12.2C2H6/c1-6(7(9)10)4-2-3-5-8;1-4-5-6-7(2)3;1-3-5-4-2;2*1-2/h6H,2-5,8H2,1H3,(H2,9,10);2,4-6H2,1,3H3;3-5H2,1-2H3;2*1-2H3. The second kappa shape index (κ2) is 39.3. The van der Waals surface area contributed by atoms with Crippen LogP contribution in [-0.4, -0.2) is 12.5 Å². The smallest absolute Gasteiger partial charge is 0.220 e. The average Bonchev–Trinajstić information content (AvgIpc) is 2.65. The number of primary amides is 1. The van der Waals surface area contributed by atoms with E-state index in [1.165, 1.54) is 44.1 Å². The molecule has 0 heterocycles. The van der Waals surface area contributed by atoms with Gasteiger partial charge in [-0.15, -0.1) is 6.58 Å². The van der Waals surface area contributed by atoms with E-state index >= 15 is 0 Å². The van der Waals surface area contributed by atoms with Crippen molar-refractivity contribution < 1.29 is 4.79 Å². The van der Waals surface area contributed by atoms with Gasteiger partial charge < -0.3 is 11.5 Å². The van der Waals surface area contributed by atoms with Gasteiger partial charge in [-0.2, -0.15) is 0 Å². The van der Waals surface area contributed by atoms with Gasteiger partial charge in [0.15, 0.2) is 0 Å². The first kappa shape index (κ1) is 36.1. The lowest BCUT2D eigenvalue weighted by atomic mass is 10.0. The second-order valence-corrected chi connectivity index (χ2v) is 6.00. The Morgan fingerprint density at radius 1 is 0.885 bits per heavy atom. The van der Waals surface area contributed by atoms with Crippen LogP contribution in [0.1, 0.15) is 120 Å². The Kier molecular flexibility index (Phi) is 54.6. The van der Waals surface area contributed by atoms with Crippen LogP contribution in [0.5, 0.6) is 0 Å². The summed E-state index contributed by atoms with van der Waals surface area (Å²) in [5.74, 6) is -0.205. The number of rotatable bonds is 10. The van der Waals surface area contributed by atoms with E-state index in [4.69, 9.17) is 11.5 Å². The minimum Gasteiger partial charge on any atom is -0.369 e. The minimum atomic E-state index is -0.211. The molecule has 0 aliphatic rings. The number of hydrogen-bond donors (Lipinski definition) is 2. The maximum atomic E-state index is 10.5.